The first-order valence-corrected chi connectivity index (χ1v) is 8.22. The number of nitrogen functional groups attached to an aromatic ring is 1. The Hall–Kier alpha value is -2.36. The second-order valence-electron chi connectivity index (χ2n) is 5.95. The number of nitrogens with zero attached hydrogens (tertiary/aromatic N) is 6. The number of rotatable bonds is 3. The van der Waals surface area contributed by atoms with Crippen molar-refractivity contribution in [1.29, 1.82) is 0 Å². The van der Waals surface area contributed by atoms with E-state index in [1.54, 1.807) is 4.68 Å². The van der Waals surface area contributed by atoms with E-state index >= 15 is 0 Å². The van der Waals surface area contributed by atoms with Crippen molar-refractivity contribution in [2.24, 2.45) is 0 Å². The standard InChI is InChI=1S/C15H16ClN7O2/c16-12-11-13(20-14(17)19-12)23(22-21-11)8-9-2-1-3-10(18-9)15(24)4-6-25-7-5-15/h1-3,24H,4-8H2,(H2,17,19,20). The molecule has 10 heteroatoms. The molecule has 0 bridgehead atoms. The Morgan fingerprint density at radius 1 is 1.24 bits per heavy atom. The molecule has 0 radical (unpaired) electrons. The molecule has 1 aliphatic rings. The number of anilines is 1. The Labute approximate surface area is 147 Å². The van der Waals surface area contributed by atoms with Crippen LogP contribution in [-0.2, 0) is 16.9 Å². The number of hydrogen-bond donors (Lipinski definition) is 2. The summed E-state index contributed by atoms with van der Waals surface area (Å²) < 4.78 is 6.88. The number of halogens is 1. The van der Waals surface area contributed by atoms with Gasteiger partial charge in [-0.05, 0) is 12.1 Å². The summed E-state index contributed by atoms with van der Waals surface area (Å²) >= 11 is 6.02. The van der Waals surface area contributed by atoms with Gasteiger partial charge in [0.25, 0.3) is 0 Å². The number of aliphatic hydroxyl groups is 1. The van der Waals surface area contributed by atoms with Crippen molar-refractivity contribution < 1.29 is 9.84 Å². The third-order valence-electron chi connectivity index (χ3n) is 4.25. The van der Waals surface area contributed by atoms with Crippen molar-refractivity contribution in [3.8, 4) is 0 Å². The molecule has 0 atom stereocenters. The highest BCUT2D eigenvalue weighted by atomic mass is 35.5. The summed E-state index contributed by atoms with van der Waals surface area (Å²) in [4.78, 5) is 12.6. The first-order valence-electron chi connectivity index (χ1n) is 7.84. The Morgan fingerprint density at radius 2 is 2.04 bits per heavy atom. The molecule has 1 aliphatic heterocycles. The molecule has 3 N–H and O–H groups in total. The summed E-state index contributed by atoms with van der Waals surface area (Å²) in [5.41, 5.74) is 6.86. The molecule has 4 heterocycles. The number of nitrogens with two attached hydrogens (primary N) is 1. The van der Waals surface area contributed by atoms with E-state index in [4.69, 9.17) is 22.1 Å². The fraction of sp³-hybridized carbons (Fsp3) is 0.400. The van der Waals surface area contributed by atoms with E-state index in [1.807, 2.05) is 18.2 Å². The molecule has 0 spiro atoms. The van der Waals surface area contributed by atoms with E-state index < -0.39 is 5.60 Å². The van der Waals surface area contributed by atoms with Gasteiger partial charge in [0.2, 0.25) is 5.95 Å². The van der Waals surface area contributed by atoms with Crippen LogP contribution in [-0.4, -0.2) is 48.3 Å². The van der Waals surface area contributed by atoms with Gasteiger partial charge in [-0.3, -0.25) is 4.98 Å². The Balaban J connectivity index is 1.67. The zero-order chi connectivity index (χ0) is 17.4. The van der Waals surface area contributed by atoms with Crippen LogP contribution in [0.5, 0.6) is 0 Å². The zero-order valence-electron chi connectivity index (χ0n) is 13.3. The van der Waals surface area contributed by atoms with Crippen LogP contribution in [0.2, 0.25) is 5.15 Å². The Morgan fingerprint density at radius 3 is 2.84 bits per heavy atom. The molecular formula is C15H16ClN7O2. The summed E-state index contributed by atoms with van der Waals surface area (Å²) in [6.45, 7) is 1.36. The maximum atomic E-state index is 10.8. The van der Waals surface area contributed by atoms with Gasteiger partial charge in [-0.15, -0.1) is 5.10 Å². The van der Waals surface area contributed by atoms with Crippen molar-refractivity contribution in [3.05, 3.63) is 34.7 Å². The topological polar surface area (TPSA) is 125 Å². The number of hydrogen-bond acceptors (Lipinski definition) is 8. The minimum Gasteiger partial charge on any atom is -0.383 e. The monoisotopic (exact) mass is 361 g/mol. The molecule has 9 nitrogen and oxygen atoms in total. The van der Waals surface area contributed by atoms with Crippen molar-refractivity contribution in [2.75, 3.05) is 18.9 Å². The second kappa shape index (κ2) is 6.17. The lowest BCUT2D eigenvalue weighted by Crippen LogP contribution is -2.34. The summed E-state index contributed by atoms with van der Waals surface area (Å²) in [7, 11) is 0. The highest BCUT2D eigenvalue weighted by molar-refractivity contribution is 6.33. The molecule has 25 heavy (non-hydrogen) atoms. The molecule has 130 valence electrons. The number of ether oxygens (including phenoxy) is 1. The fourth-order valence-corrected chi connectivity index (χ4v) is 3.10. The Kier molecular flexibility index (Phi) is 3.98. The molecule has 0 saturated carbocycles. The third kappa shape index (κ3) is 3.01. The largest absolute Gasteiger partial charge is 0.383 e. The molecule has 4 rings (SSSR count). The van der Waals surface area contributed by atoms with Crippen LogP contribution < -0.4 is 5.73 Å². The lowest BCUT2D eigenvalue weighted by molar-refractivity contribution is -0.0706. The third-order valence-corrected chi connectivity index (χ3v) is 4.52. The van der Waals surface area contributed by atoms with Gasteiger partial charge in [-0.25, -0.2) is 4.68 Å². The molecule has 1 fully saturated rings. The summed E-state index contributed by atoms with van der Waals surface area (Å²) in [6, 6.07) is 5.54. The van der Waals surface area contributed by atoms with Crippen molar-refractivity contribution >= 4 is 28.7 Å². The highest BCUT2D eigenvalue weighted by Crippen LogP contribution is 2.30. The maximum absolute atomic E-state index is 10.8. The lowest BCUT2D eigenvalue weighted by Gasteiger charge is -2.31. The number of aromatic nitrogens is 6. The average Bonchev–Trinajstić information content (AvgIpc) is 2.99. The quantitative estimate of drug-likeness (QED) is 0.659. The molecule has 0 aromatic carbocycles. The summed E-state index contributed by atoms with van der Waals surface area (Å²) in [6.07, 6.45) is 1.05. The number of fused-ring (bicyclic) bond motifs is 1. The Bertz CT molecular complexity index is 923. The van der Waals surface area contributed by atoms with Gasteiger partial charge >= 0.3 is 0 Å². The number of pyridine rings is 1. The SMILES string of the molecule is Nc1nc(Cl)c2nnn(Cc3cccc(C4(O)CCOCC4)n3)c2n1. The molecule has 0 unspecified atom stereocenters. The average molecular weight is 362 g/mol. The predicted molar refractivity (Wildman–Crippen MR) is 89.8 cm³/mol. The van der Waals surface area contributed by atoms with Crippen LogP contribution in [0.25, 0.3) is 11.2 Å². The minimum atomic E-state index is -0.964. The molecule has 3 aromatic rings. The minimum absolute atomic E-state index is 0.0549. The van der Waals surface area contributed by atoms with Crippen LogP contribution in [0.15, 0.2) is 18.2 Å². The molecule has 3 aromatic heterocycles. The van der Waals surface area contributed by atoms with Gasteiger partial charge in [-0.2, -0.15) is 9.97 Å². The second-order valence-corrected chi connectivity index (χ2v) is 6.31. The van der Waals surface area contributed by atoms with Gasteiger partial charge in [0.1, 0.15) is 5.60 Å². The van der Waals surface area contributed by atoms with Crippen LogP contribution in [0.1, 0.15) is 24.2 Å². The zero-order valence-corrected chi connectivity index (χ0v) is 14.0. The van der Waals surface area contributed by atoms with Crippen LogP contribution >= 0.6 is 11.6 Å². The molecule has 0 amide bonds. The fourth-order valence-electron chi connectivity index (χ4n) is 2.89. The normalized spacial score (nSPS) is 17.0. The molecule has 0 aliphatic carbocycles. The van der Waals surface area contributed by atoms with Gasteiger partial charge in [0.05, 0.1) is 17.9 Å². The highest BCUT2D eigenvalue weighted by Gasteiger charge is 2.33. The first kappa shape index (κ1) is 16.1. The van der Waals surface area contributed by atoms with E-state index in [-0.39, 0.29) is 11.1 Å². The smallest absolute Gasteiger partial charge is 0.223 e. The van der Waals surface area contributed by atoms with Crippen molar-refractivity contribution in [1.82, 2.24) is 29.9 Å². The predicted octanol–water partition coefficient (Wildman–Crippen LogP) is 0.898. The van der Waals surface area contributed by atoms with E-state index in [0.29, 0.717) is 49.5 Å². The van der Waals surface area contributed by atoms with Gasteiger partial charge in [-0.1, -0.05) is 22.9 Å². The van der Waals surface area contributed by atoms with Crippen LogP contribution in [0.3, 0.4) is 0 Å². The molecular weight excluding hydrogens is 346 g/mol. The van der Waals surface area contributed by atoms with Gasteiger partial charge in [0.15, 0.2) is 16.3 Å². The van der Waals surface area contributed by atoms with E-state index in [1.165, 1.54) is 0 Å². The summed E-state index contributed by atoms with van der Waals surface area (Å²) in [5, 5.41) is 19.0. The van der Waals surface area contributed by atoms with Gasteiger partial charge in [0, 0.05) is 26.1 Å². The summed E-state index contributed by atoms with van der Waals surface area (Å²) in [5.74, 6) is 0.0549. The van der Waals surface area contributed by atoms with E-state index in [0.717, 1.165) is 5.69 Å². The maximum Gasteiger partial charge on any atom is 0.223 e. The molecule has 1 saturated heterocycles. The van der Waals surface area contributed by atoms with E-state index in [9.17, 15) is 5.11 Å². The van der Waals surface area contributed by atoms with Crippen LogP contribution in [0.4, 0.5) is 5.95 Å². The first-order chi connectivity index (χ1) is 12.0. The lowest BCUT2D eigenvalue weighted by atomic mass is 9.90. The van der Waals surface area contributed by atoms with Gasteiger partial charge < -0.3 is 15.6 Å². The van der Waals surface area contributed by atoms with E-state index in [2.05, 4.69) is 25.3 Å². The van der Waals surface area contributed by atoms with Crippen molar-refractivity contribution in [3.63, 3.8) is 0 Å². The van der Waals surface area contributed by atoms with Crippen molar-refractivity contribution in [2.45, 2.75) is 25.0 Å². The van der Waals surface area contributed by atoms with Crippen LogP contribution in [0, 0.1) is 0 Å².